The van der Waals surface area contributed by atoms with Crippen LogP contribution in [-0.4, -0.2) is 65.9 Å². The number of carbonyl (C=O) groups is 1. The number of ether oxygens (including phenoxy) is 2. The third-order valence-electron chi connectivity index (χ3n) is 4.40. The number of pyridine rings is 1. The largest absolute Gasteiger partial charge is 0.380 e. The fraction of sp³-hybridized carbons (Fsp3) is 0.529. The van der Waals surface area contributed by atoms with Crippen molar-refractivity contribution < 1.29 is 14.3 Å². The van der Waals surface area contributed by atoms with E-state index in [1.54, 1.807) is 18.0 Å². The van der Waals surface area contributed by atoms with Gasteiger partial charge < -0.3 is 14.4 Å². The summed E-state index contributed by atoms with van der Waals surface area (Å²) in [5, 5.41) is 12.0. The Balaban J connectivity index is 1.47. The van der Waals surface area contributed by atoms with Crippen LogP contribution in [-0.2, 0) is 9.47 Å². The summed E-state index contributed by atoms with van der Waals surface area (Å²) in [4.78, 5) is 19.3. The van der Waals surface area contributed by atoms with Gasteiger partial charge in [0.15, 0.2) is 4.34 Å². The van der Waals surface area contributed by atoms with Crippen LogP contribution in [0.2, 0.25) is 0 Å². The highest BCUT2D eigenvalue weighted by Crippen LogP contribution is 2.33. The molecule has 2 aliphatic heterocycles. The number of amides is 1. The number of nitrogens with zero attached hydrogens (tertiary/aromatic N) is 4. The van der Waals surface area contributed by atoms with E-state index in [0.717, 1.165) is 48.4 Å². The van der Waals surface area contributed by atoms with Crippen molar-refractivity contribution in [2.75, 3.05) is 49.7 Å². The number of rotatable bonds is 5. The molecule has 10 heteroatoms. The van der Waals surface area contributed by atoms with Gasteiger partial charge in [-0.15, -0.1) is 10.2 Å². The summed E-state index contributed by atoms with van der Waals surface area (Å²) in [7, 11) is 0. The molecule has 2 saturated heterocycles. The van der Waals surface area contributed by atoms with Crippen molar-refractivity contribution in [3.05, 3.63) is 23.5 Å². The average molecular weight is 408 g/mol. The summed E-state index contributed by atoms with van der Waals surface area (Å²) >= 11 is 3.04. The molecule has 2 aliphatic rings. The van der Waals surface area contributed by atoms with Gasteiger partial charge in [-0.25, -0.2) is 0 Å². The molecule has 0 radical (unpaired) electrons. The quantitative estimate of drug-likeness (QED) is 0.755. The fourth-order valence-corrected chi connectivity index (χ4v) is 5.07. The van der Waals surface area contributed by atoms with Crippen LogP contribution in [0.25, 0.3) is 0 Å². The highest BCUT2D eigenvalue weighted by Gasteiger charge is 2.22. The van der Waals surface area contributed by atoms with Gasteiger partial charge in [-0.3, -0.25) is 15.1 Å². The van der Waals surface area contributed by atoms with Crippen molar-refractivity contribution in [3.8, 4) is 0 Å². The van der Waals surface area contributed by atoms with Crippen LogP contribution in [0.4, 0.5) is 10.8 Å². The molecule has 1 amide bonds. The molecule has 2 aromatic heterocycles. The topological polar surface area (TPSA) is 89.5 Å². The Bertz CT molecular complexity index is 804. The van der Waals surface area contributed by atoms with E-state index in [1.807, 2.05) is 13.0 Å². The number of anilines is 2. The second-order valence-corrected chi connectivity index (χ2v) is 8.90. The zero-order chi connectivity index (χ0) is 18.6. The lowest BCUT2D eigenvalue weighted by Gasteiger charge is -2.30. The second-order valence-electron chi connectivity index (χ2n) is 6.37. The Morgan fingerprint density at radius 2 is 2.15 bits per heavy atom. The summed E-state index contributed by atoms with van der Waals surface area (Å²) in [5.74, 6) is -0.221. The molecule has 8 nitrogen and oxygen atoms in total. The molecule has 1 atom stereocenters. The first kappa shape index (κ1) is 18.6. The number of nitrogens with one attached hydrogen (secondary N) is 1. The number of aryl methyl sites for hydroxylation is 1. The predicted octanol–water partition coefficient (Wildman–Crippen LogP) is 2.21. The average Bonchev–Trinajstić information content (AvgIpc) is 3.35. The molecule has 0 aromatic carbocycles. The second kappa shape index (κ2) is 8.51. The fourth-order valence-electron chi connectivity index (χ4n) is 3.01. The first-order chi connectivity index (χ1) is 13.2. The molecule has 0 spiro atoms. The number of hydrogen-bond acceptors (Lipinski definition) is 9. The van der Waals surface area contributed by atoms with Gasteiger partial charge in [0.25, 0.3) is 5.91 Å². The minimum absolute atomic E-state index is 0.221. The van der Waals surface area contributed by atoms with Crippen molar-refractivity contribution in [2.45, 2.75) is 22.9 Å². The van der Waals surface area contributed by atoms with Crippen LogP contribution >= 0.6 is 23.1 Å². The maximum absolute atomic E-state index is 12.8. The van der Waals surface area contributed by atoms with Crippen LogP contribution in [0.5, 0.6) is 0 Å². The highest BCUT2D eigenvalue weighted by molar-refractivity contribution is 8.01. The van der Waals surface area contributed by atoms with E-state index >= 15 is 0 Å². The van der Waals surface area contributed by atoms with E-state index in [9.17, 15) is 4.79 Å². The molecule has 27 heavy (non-hydrogen) atoms. The van der Waals surface area contributed by atoms with E-state index in [0.29, 0.717) is 29.2 Å². The Kier molecular flexibility index (Phi) is 5.86. The van der Waals surface area contributed by atoms with Gasteiger partial charge in [0, 0.05) is 36.8 Å². The Morgan fingerprint density at radius 1 is 1.30 bits per heavy atom. The standard InChI is InChI=1S/C17H21N5O3S2/c1-11-8-14(22-3-6-24-7-4-22)13(9-18-11)15(23)19-16-20-21-17(27-16)26-12-2-5-25-10-12/h8-9,12H,2-7,10H2,1H3,(H,19,20,23). The normalized spacial score (nSPS) is 20.0. The smallest absolute Gasteiger partial charge is 0.261 e. The first-order valence-corrected chi connectivity index (χ1v) is 10.6. The monoisotopic (exact) mass is 407 g/mol. The Hall–Kier alpha value is -1.75. The van der Waals surface area contributed by atoms with Crippen LogP contribution in [0.1, 0.15) is 22.5 Å². The van der Waals surface area contributed by atoms with Crippen molar-refractivity contribution in [1.82, 2.24) is 15.2 Å². The van der Waals surface area contributed by atoms with Gasteiger partial charge in [-0.05, 0) is 19.4 Å². The minimum Gasteiger partial charge on any atom is -0.380 e. The molecular weight excluding hydrogens is 386 g/mol. The molecule has 2 fully saturated rings. The Labute approximate surface area is 165 Å². The van der Waals surface area contributed by atoms with Gasteiger partial charge in [0.1, 0.15) is 0 Å². The van der Waals surface area contributed by atoms with Gasteiger partial charge in [-0.1, -0.05) is 23.1 Å². The Morgan fingerprint density at radius 3 is 2.93 bits per heavy atom. The lowest BCUT2D eigenvalue weighted by Crippen LogP contribution is -2.37. The molecule has 1 unspecified atom stereocenters. The van der Waals surface area contributed by atoms with Crippen LogP contribution < -0.4 is 10.2 Å². The van der Waals surface area contributed by atoms with E-state index in [2.05, 4.69) is 25.4 Å². The number of carbonyl (C=O) groups excluding carboxylic acids is 1. The van der Waals surface area contributed by atoms with Gasteiger partial charge >= 0.3 is 0 Å². The molecule has 144 valence electrons. The van der Waals surface area contributed by atoms with Gasteiger partial charge in [0.2, 0.25) is 5.13 Å². The molecule has 0 bridgehead atoms. The molecule has 0 aliphatic carbocycles. The summed E-state index contributed by atoms with van der Waals surface area (Å²) in [6, 6.07) is 1.95. The predicted molar refractivity (Wildman–Crippen MR) is 105 cm³/mol. The number of hydrogen-bond donors (Lipinski definition) is 1. The van der Waals surface area contributed by atoms with Crippen LogP contribution in [0.3, 0.4) is 0 Å². The van der Waals surface area contributed by atoms with E-state index < -0.39 is 0 Å². The maximum atomic E-state index is 12.8. The number of morpholine rings is 1. The van der Waals surface area contributed by atoms with Crippen molar-refractivity contribution in [3.63, 3.8) is 0 Å². The third-order valence-corrected chi connectivity index (χ3v) is 6.56. The van der Waals surface area contributed by atoms with Gasteiger partial charge in [-0.2, -0.15) is 0 Å². The first-order valence-electron chi connectivity index (χ1n) is 8.87. The minimum atomic E-state index is -0.221. The molecular formula is C17H21N5O3S2. The SMILES string of the molecule is Cc1cc(N2CCOCC2)c(C(=O)Nc2nnc(SC3CCOC3)s2)cn1. The summed E-state index contributed by atoms with van der Waals surface area (Å²) in [6.45, 7) is 6.29. The summed E-state index contributed by atoms with van der Waals surface area (Å²) < 4.78 is 11.6. The van der Waals surface area contributed by atoms with Gasteiger partial charge in [0.05, 0.1) is 31.1 Å². The lowest BCUT2D eigenvalue weighted by molar-refractivity contribution is 0.102. The molecule has 4 heterocycles. The molecule has 1 N–H and O–H groups in total. The summed E-state index contributed by atoms with van der Waals surface area (Å²) in [6.07, 6.45) is 2.64. The number of aromatic nitrogens is 3. The van der Waals surface area contributed by atoms with Crippen LogP contribution in [0.15, 0.2) is 16.6 Å². The van der Waals surface area contributed by atoms with E-state index in [4.69, 9.17) is 9.47 Å². The third kappa shape index (κ3) is 4.57. The van der Waals surface area contributed by atoms with Crippen LogP contribution in [0, 0.1) is 6.92 Å². The lowest BCUT2D eigenvalue weighted by atomic mass is 10.1. The number of thioether (sulfide) groups is 1. The molecule has 0 saturated carbocycles. The van der Waals surface area contributed by atoms with Crippen molar-refractivity contribution in [1.29, 1.82) is 0 Å². The van der Waals surface area contributed by atoms with Crippen molar-refractivity contribution >= 4 is 39.8 Å². The highest BCUT2D eigenvalue weighted by atomic mass is 32.2. The molecule has 2 aromatic rings. The maximum Gasteiger partial charge on any atom is 0.261 e. The van der Waals surface area contributed by atoms with E-state index in [-0.39, 0.29) is 5.91 Å². The zero-order valence-electron chi connectivity index (χ0n) is 15.0. The van der Waals surface area contributed by atoms with Crippen molar-refractivity contribution in [2.24, 2.45) is 0 Å². The summed E-state index contributed by atoms with van der Waals surface area (Å²) in [5.41, 5.74) is 2.29. The zero-order valence-corrected chi connectivity index (χ0v) is 16.6. The molecule has 4 rings (SSSR count). The van der Waals surface area contributed by atoms with E-state index in [1.165, 1.54) is 11.3 Å².